The van der Waals surface area contributed by atoms with Crippen molar-refractivity contribution in [1.82, 2.24) is 80.4 Å². The first kappa shape index (κ1) is 65.8. The summed E-state index contributed by atoms with van der Waals surface area (Å²) in [4.78, 5) is 31.6. The van der Waals surface area contributed by atoms with Crippen LogP contribution in [-0.4, -0.2) is 198 Å². The fourth-order valence-electron chi connectivity index (χ4n) is 10.2. The lowest BCUT2D eigenvalue weighted by molar-refractivity contribution is 0.225. The number of hydrazone groups is 4. The summed E-state index contributed by atoms with van der Waals surface area (Å²) in [7, 11) is 0. The molecule has 0 amide bonds. The van der Waals surface area contributed by atoms with Crippen molar-refractivity contribution in [2.75, 3.05) is 52.4 Å². The summed E-state index contributed by atoms with van der Waals surface area (Å²) >= 11 is 13.2. The van der Waals surface area contributed by atoms with Gasteiger partial charge in [-0.2, -0.15) is 40.4 Å². The second-order valence-electron chi connectivity index (χ2n) is 21.4. The molecule has 1 fully saturated rings. The van der Waals surface area contributed by atoms with Crippen LogP contribution in [0.2, 0.25) is 0 Å². The summed E-state index contributed by atoms with van der Waals surface area (Å²) in [6.07, 6.45) is 13.7. The average Bonchev–Trinajstić information content (AvgIpc) is 3.27. The van der Waals surface area contributed by atoms with Crippen LogP contribution in [-0.2, 0) is 0 Å². The molecule has 0 saturated carbocycles. The normalized spacial score (nSPS) is 22.0. The number of guanidine groups is 4. The summed E-state index contributed by atoms with van der Waals surface area (Å²) < 4.78 is 0. The number of aromatic nitrogens is 8. The highest BCUT2D eigenvalue weighted by Gasteiger charge is 2.39. The summed E-state index contributed by atoms with van der Waals surface area (Å²) in [5.74, 6) is 3.00. The first-order valence-corrected chi connectivity index (χ1v) is 37.1. The van der Waals surface area contributed by atoms with E-state index in [9.17, 15) is 0 Å². The van der Waals surface area contributed by atoms with E-state index in [0.717, 1.165) is 141 Å². The van der Waals surface area contributed by atoms with Crippen LogP contribution in [0.25, 0.3) is 0 Å². The van der Waals surface area contributed by atoms with E-state index in [4.69, 9.17) is 40.4 Å². The van der Waals surface area contributed by atoms with Crippen molar-refractivity contribution in [2.45, 2.75) is 194 Å². The number of nitrogens with zero attached hydrogens (tertiary/aromatic N) is 24. The van der Waals surface area contributed by atoms with E-state index in [1.807, 2.05) is 74.7 Å². The molecule has 5 aliphatic heterocycles. The molecule has 5 aliphatic rings. The first-order chi connectivity index (χ1) is 41.7. The molecular weight excluding hydrogens is 1240 g/mol. The van der Waals surface area contributed by atoms with Crippen molar-refractivity contribution in [2.24, 2.45) is 40.4 Å². The number of rotatable bonds is 16. The van der Waals surface area contributed by atoms with Crippen LogP contribution >= 0.6 is 92.4 Å². The highest BCUT2D eigenvalue weighted by molar-refractivity contribution is 8.15. The summed E-state index contributed by atoms with van der Waals surface area (Å²) in [5, 5.41) is 76.1. The molecule has 4 atom stereocenters. The highest BCUT2D eigenvalue weighted by atomic mass is 32.2. The van der Waals surface area contributed by atoms with Crippen molar-refractivity contribution in [1.29, 1.82) is 0 Å². The van der Waals surface area contributed by atoms with E-state index in [2.05, 4.69) is 136 Å². The van der Waals surface area contributed by atoms with Gasteiger partial charge in [-0.3, -0.25) is 0 Å². The van der Waals surface area contributed by atoms with Crippen molar-refractivity contribution in [3.8, 4) is 0 Å². The van der Waals surface area contributed by atoms with Gasteiger partial charge in [-0.05, 0) is 93.9 Å². The zero-order valence-corrected chi connectivity index (χ0v) is 58.4. The SMILES string of the molecule is CCCC[C@H]1SC(C)=NN1/C(=N\c1nnc(C)s1)N1CCCN(/C(=N/c2nnc(C)s2)N2N=C(C)S[C@@H]2CCCC)CCN(/C(=N/c2nnc(C)s2)N2N=C(C)S[C@@H]2CCCC)CCCN(/C(=N/c2nnc(C)s2)N2N=C(C)S[C@@H]2CCCC)CC1. The molecule has 86 heavy (non-hydrogen) atoms. The third kappa shape index (κ3) is 17.8. The van der Waals surface area contributed by atoms with Crippen LogP contribution in [0.3, 0.4) is 0 Å². The molecule has 0 N–H and O–H groups in total. The molecule has 24 nitrogen and oxygen atoms in total. The number of aryl methyl sites for hydroxylation is 4. The maximum absolute atomic E-state index is 5.47. The summed E-state index contributed by atoms with van der Waals surface area (Å²) in [6.45, 7) is 30.0. The minimum absolute atomic E-state index is 0.0528. The lowest BCUT2D eigenvalue weighted by Crippen LogP contribution is -2.53. The van der Waals surface area contributed by atoms with Crippen molar-refractivity contribution in [3.05, 3.63) is 20.0 Å². The minimum atomic E-state index is 0.0528. The Bertz CT molecular complexity index is 2700. The molecule has 32 heteroatoms. The van der Waals surface area contributed by atoms with Gasteiger partial charge in [0.05, 0.1) is 20.2 Å². The van der Waals surface area contributed by atoms with Crippen LogP contribution in [0.4, 0.5) is 20.5 Å². The predicted octanol–water partition coefficient (Wildman–Crippen LogP) is 13.0. The Labute approximate surface area is 540 Å². The lowest BCUT2D eigenvalue weighted by Gasteiger charge is -2.39. The van der Waals surface area contributed by atoms with Gasteiger partial charge in [0, 0.05) is 52.4 Å². The Hall–Kier alpha value is -4.60. The third-order valence-corrected chi connectivity index (χ3v) is 21.8. The number of hydrogen-bond donors (Lipinski definition) is 0. The monoisotopic (exact) mass is 1320 g/mol. The van der Waals surface area contributed by atoms with Crippen LogP contribution in [0.15, 0.2) is 40.4 Å². The molecule has 0 bridgehead atoms. The van der Waals surface area contributed by atoms with Gasteiger partial charge >= 0.3 is 0 Å². The van der Waals surface area contributed by atoms with E-state index in [1.54, 1.807) is 0 Å². The van der Waals surface area contributed by atoms with Crippen molar-refractivity contribution < 1.29 is 0 Å². The molecule has 9 heterocycles. The van der Waals surface area contributed by atoms with Gasteiger partial charge in [-0.15, -0.1) is 40.8 Å². The molecule has 0 radical (unpaired) electrons. The van der Waals surface area contributed by atoms with E-state index in [1.165, 1.54) is 45.3 Å². The van der Waals surface area contributed by atoms with Crippen LogP contribution in [0.1, 0.15) is 165 Å². The lowest BCUT2D eigenvalue weighted by atomic mass is 10.2. The molecule has 468 valence electrons. The van der Waals surface area contributed by atoms with Crippen LogP contribution in [0, 0.1) is 27.7 Å². The van der Waals surface area contributed by atoms with Gasteiger partial charge in [0.25, 0.3) is 0 Å². The quantitative estimate of drug-likeness (QED) is 0.0750. The maximum Gasteiger partial charge on any atom is 0.234 e. The second-order valence-corrected chi connectivity index (χ2v) is 31.6. The van der Waals surface area contributed by atoms with Gasteiger partial charge in [0.1, 0.15) is 41.5 Å². The molecule has 0 aliphatic carbocycles. The molecule has 0 unspecified atom stereocenters. The molecular formula is C54H84N24S8. The topological polar surface area (TPSA) is 228 Å². The Morgan fingerprint density at radius 3 is 0.744 bits per heavy atom. The number of hydrogen-bond acceptors (Lipinski definition) is 24. The van der Waals surface area contributed by atoms with Gasteiger partial charge in [0.15, 0.2) is 0 Å². The predicted molar refractivity (Wildman–Crippen MR) is 366 cm³/mol. The van der Waals surface area contributed by atoms with Crippen LogP contribution < -0.4 is 0 Å². The van der Waals surface area contributed by atoms with Crippen molar-refractivity contribution >= 4 is 157 Å². The van der Waals surface area contributed by atoms with Gasteiger partial charge in [-0.1, -0.05) is 171 Å². The molecule has 4 aromatic heterocycles. The Morgan fingerprint density at radius 1 is 0.337 bits per heavy atom. The zero-order chi connectivity index (χ0) is 60.7. The minimum Gasteiger partial charge on any atom is -0.339 e. The van der Waals surface area contributed by atoms with Crippen LogP contribution in [0.5, 0.6) is 0 Å². The maximum atomic E-state index is 5.47. The molecule has 1 saturated heterocycles. The number of aliphatic imine (C=N–C) groups is 4. The van der Waals surface area contributed by atoms with E-state index in [0.29, 0.717) is 85.7 Å². The van der Waals surface area contributed by atoms with Gasteiger partial charge < -0.3 is 19.6 Å². The molecule has 4 aromatic rings. The smallest absolute Gasteiger partial charge is 0.234 e. The third-order valence-electron chi connectivity index (χ3n) is 14.3. The fourth-order valence-corrected chi connectivity index (χ4v) is 16.7. The molecule has 0 aromatic carbocycles. The molecule has 0 spiro atoms. The van der Waals surface area contributed by atoms with Crippen molar-refractivity contribution in [3.63, 3.8) is 0 Å². The molecule has 9 rings (SSSR count). The zero-order valence-electron chi connectivity index (χ0n) is 51.9. The number of thioether (sulfide) groups is 4. The summed E-state index contributed by atoms with van der Waals surface area (Å²) in [5.41, 5.74) is 0. The Balaban J connectivity index is 1.21. The summed E-state index contributed by atoms with van der Waals surface area (Å²) in [6, 6.07) is 0. The first-order valence-electron chi connectivity index (χ1n) is 30.3. The fraction of sp³-hybridized carbons (Fsp3) is 0.704. The van der Waals surface area contributed by atoms with E-state index in [-0.39, 0.29) is 21.5 Å². The number of unbranched alkanes of at least 4 members (excludes halogenated alkanes) is 4. The Kier molecular flexibility index (Phi) is 24.7. The standard InChI is InChI=1S/C54H84N24S8/c1-13-17-23-43-75(67-39(9)79-43)51(55-47-63-59-35(5)83-47)71-27-21-28-73(53(57-49-65-61-37(7)85-49)77-45(25-19-15-3)81-41(11)69-77)33-34-74(54(58-50-66-62-38(8)86-50)78-46(26-20-16-4)82-42(12)70-78)30-22-29-72(32-31-71)52(56-48-64-60-36(6)84-48)76-44(24-18-14-2)80-40(10)68-76/h43-46H,13-34H2,1-12H3/b55-51-,56-52-,57-53-,58-54-/t43-,44-,45-,46-/m1/s1. The van der Waals surface area contributed by atoms with Gasteiger partial charge in [-0.25, -0.2) is 20.0 Å². The highest BCUT2D eigenvalue weighted by Crippen LogP contribution is 2.37. The van der Waals surface area contributed by atoms with E-state index < -0.39 is 0 Å². The Morgan fingerprint density at radius 2 is 0.558 bits per heavy atom. The average molecular weight is 1330 g/mol. The van der Waals surface area contributed by atoms with E-state index >= 15 is 0 Å². The second kappa shape index (κ2) is 32.2. The van der Waals surface area contributed by atoms with Gasteiger partial charge in [0.2, 0.25) is 44.4 Å². The largest absolute Gasteiger partial charge is 0.339 e.